The van der Waals surface area contributed by atoms with Crippen molar-refractivity contribution < 1.29 is 0 Å². The van der Waals surface area contributed by atoms with Crippen LogP contribution in [0.3, 0.4) is 0 Å². The largest absolute Gasteiger partial charge is 0.354 e. The van der Waals surface area contributed by atoms with Gasteiger partial charge in [0.15, 0.2) is 0 Å². The maximum atomic E-state index is 4.57. The molecule has 1 saturated heterocycles. The van der Waals surface area contributed by atoms with Crippen molar-refractivity contribution in [2.45, 2.75) is 46.5 Å². The van der Waals surface area contributed by atoms with E-state index in [2.05, 4.69) is 51.3 Å². The van der Waals surface area contributed by atoms with Crippen molar-refractivity contribution in [3.05, 3.63) is 0 Å². The number of anilines is 3. The molecule has 0 atom stereocenters. The third-order valence-corrected chi connectivity index (χ3v) is 3.59. The van der Waals surface area contributed by atoms with Gasteiger partial charge in [0.05, 0.1) is 0 Å². The fraction of sp³-hybridized carbons (Fsp3) is 0.800. The second-order valence-electron chi connectivity index (χ2n) is 5.97. The molecule has 21 heavy (non-hydrogen) atoms. The van der Waals surface area contributed by atoms with Crippen molar-refractivity contribution in [3.8, 4) is 0 Å². The molecule has 0 radical (unpaired) electrons. The van der Waals surface area contributed by atoms with Crippen molar-refractivity contribution in [2.24, 2.45) is 5.92 Å². The summed E-state index contributed by atoms with van der Waals surface area (Å²) in [7, 11) is 0. The summed E-state index contributed by atoms with van der Waals surface area (Å²) in [5.74, 6) is 2.89. The summed E-state index contributed by atoms with van der Waals surface area (Å²) < 4.78 is 0. The molecule has 2 N–H and O–H groups in total. The van der Waals surface area contributed by atoms with Gasteiger partial charge in [0.25, 0.3) is 0 Å². The predicted molar refractivity (Wildman–Crippen MR) is 88.0 cm³/mol. The Balaban J connectivity index is 2.00. The number of nitrogens with zero attached hydrogens (tertiary/aromatic N) is 4. The van der Waals surface area contributed by atoms with Crippen LogP contribution in [0.1, 0.15) is 46.5 Å². The first-order valence-corrected chi connectivity index (χ1v) is 8.17. The minimum Gasteiger partial charge on any atom is -0.354 e. The van der Waals surface area contributed by atoms with Crippen LogP contribution in [0.15, 0.2) is 0 Å². The van der Waals surface area contributed by atoms with Gasteiger partial charge in [-0.3, -0.25) is 0 Å². The first-order valence-electron chi connectivity index (χ1n) is 8.17. The van der Waals surface area contributed by atoms with Crippen molar-refractivity contribution >= 4 is 17.8 Å². The topological polar surface area (TPSA) is 66.0 Å². The average Bonchev–Trinajstić information content (AvgIpc) is 2.98. The van der Waals surface area contributed by atoms with E-state index in [4.69, 9.17) is 0 Å². The molecule has 6 heteroatoms. The summed E-state index contributed by atoms with van der Waals surface area (Å²) in [4.78, 5) is 15.8. The summed E-state index contributed by atoms with van der Waals surface area (Å²) in [6, 6.07) is 0. The van der Waals surface area contributed by atoms with E-state index in [1.165, 1.54) is 19.3 Å². The van der Waals surface area contributed by atoms with E-state index in [-0.39, 0.29) is 0 Å². The molecule has 0 aliphatic carbocycles. The first kappa shape index (κ1) is 15.8. The van der Waals surface area contributed by atoms with Crippen LogP contribution in [0, 0.1) is 5.92 Å². The van der Waals surface area contributed by atoms with E-state index in [9.17, 15) is 0 Å². The highest BCUT2D eigenvalue weighted by Gasteiger charge is 2.17. The maximum absolute atomic E-state index is 4.57. The highest BCUT2D eigenvalue weighted by atomic mass is 15.3. The third kappa shape index (κ3) is 5.02. The predicted octanol–water partition coefficient (Wildman–Crippen LogP) is 2.75. The van der Waals surface area contributed by atoms with Gasteiger partial charge in [0.2, 0.25) is 17.8 Å². The quantitative estimate of drug-likeness (QED) is 0.718. The molecule has 0 spiro atoms. The second kappa shape index (κ2) is 8.00. The lowest BCUT2D eigenvalue weighted by atomic mass is 10.1. The zero-order valence-corrected chi connectivity index (χ0v) is 13.5. The van der Waals surface area contributed by atoms with Crippen molar-refractivity contribution in [1.82, 2.24) is 15.0 Å². The summed E-state index contributed by atoms with van der Waals surface area (Å²) in [5.41, 5.74) is 0. The molecule has 1 aliphatic rings. The van der Waals surface area contributed by atoms with E-state index < -0.39 is 0 Å². The van der Waals surface area contributed by atoms with Gasteiger partial charge in [-0.1, -0.05) is 13.8 Å². The molecule has 0 unspecified atom stereocenters. The lowest BCUT2D eigenvalue weighted by Gasteiger charge is -2.17. The lowest BCUT2D eigenvalue weighted by Crippen LogP contribution is -2.22. The fourth-order valence-electron chi connectivity index (χ4n) is 2.45. The molecular weight excluding hydrogens is 264 g/mol. The van der Waals surface area contributed by atoms with Crippen LogP contribution in [0.4, 0.5) is 17.8 Å². The summed E-state index contributed by atoms with van der Waals surface area (Å²) in [6.45, 7) is 10.4. The normalized spacial score (nSPS) is 14.8. The van der Waals surface area contributed by atoms with Crippen LogP contribution < -0.4 is 15.5 Å². The Morgan fingerprint density at radius 1 is 1.05 bits per heavy atom. The van der Waals surface area contributed by atoms with Crippen LogP contribution >= 0.6 is 0 Å². The van der Waals surface area contributed by atoms with Crippen molar-refractivity contribution in [2.75, 3.05) is 41.7 Å². The Morgan fingerprint density at radius 2 is 1.71 bits per heavy atom. The van der Waals surface area contributed by atoms with E-state index in [1.54, 1.807) is 0 Å². The maximum Gasteiger partial charge on any atom is 0.231 e. The van der Waals surface area contributed by atoms with Gasteiger partial charge in [-0.15, -0.1) is 0 Å². The van der Waals surface area contributed by atoms with Crippen LogP contribution in [-0.2, 0) is 0 Å². The van der Waals surface area contributed by atoms with Crippen molar-refractivity contribution in [1.29, 1.82) is 0 Å². The Kier molecular flexibility index (Phi) is 6.02. The van der Waals surface area contributed by atoms with Crippen molar-refractivity contribution in [3.63, 3.8) is 0 Å². The summed E-state index contributed by atoms with van der Waals surface area (Å²) in [6.07, 6.45) is 4.80. The minimum absolute atomic E-state index is 0.667. The molecule has 1 fully saturated rings. The molecule has 0 bridgehead atoms. The first-order chi connectivity index (χ1) is 10.2. The van der Waals surface area contributed by atoms with E-state index in [0.29, 0.717) is 11.9 Å². The van der Waals surface area contributed by atoms with Gasteiger partial charge in [-0.05, 0) is 38.5 Å². The zero-order valence-electron chi connectivity index (χ0n) is 13.5. The Labute approximate surface area is 127 Å². The number of hydrogen-bond donors (Lipinski definition) is 2. The monoisotopic (exact) mass is 292 g/mol. The molecule has 6 nitrogen and oxygen atoms in total. The van der Waals surface area contributed by atoms with Gasteiger partial charge in [0, 0.05) is 26.2 Å². The average molecular weight is 292 g/mol. The highest BCUT2D eigenvalue weighted by Crippen LogP contribution is 2.18. The molecule has 0 amide bonds. The van der Waals surface area contributed by atoms with Gasteiger partial charge in [-0.2, -0.15) is 15.0 Å². The lowest BCUT2D eigenvalue weighted by molar-refractivity contribution is 0.566. The summed E-state index contributed by atoms with van der Waals surface area (Å²) in [5, 5.41) is 6.53. The molecule has 2 rings (SSSR count). The Hall–Kier alpha value is -1.59. The van der Waals surface area contributed by atoms with Gasteiger partial charge < -0.3 is 15.5 Å². The fourth-order valence-corrected chi connectivity index (χ4v) is 2.45. The van der Waals surface area contributed by atoms with E-state index in [0.717, 1.165) is 44.5 Å². The molecular formula is C15H28N6. The number of hydrogen-bond acceptors (Lipinski definition) is 6. The zero-order chi connectivity index (χ0) is 15.1. The van der Waals surface area contributed by atoms with Crippen LogP contribution in [0.2, 0.25) is 0 Å². The Morgan fingerprint density at radius 3 is 2.33 bits per heavy atom. The SMILES string of the molecule is CCNc1nc(NCCCC(C)C)nc(N2CCCC2)n1. The minimum atomic E-state index is 0.667. The van der Waals surface area contributed by atoms with Crippen LogP contribution in [0.25, 0.3) is 0 Å². The molecule has 0 aromatic carbocycles. The van der Waals surface area contributed by atoms with E-state index in [1.807, 2.05) is 0 Å². The highest BCUT2D eigenvalue weighted by molar-refractivity contribution is 5.44. The molecule has 1 aliphatic heterocycles. The van der Waals surface area contributed by atoms with Gasteiger partial charge in [0.1, 0.15) is 0 Å². The molecule has 2 heterocycles. The summed E-state index contributed by atoms with van der Waals surface area (Å²) >= 11 is 0. The van der Waals surface area contributed by atoms with E-state index >= 15 is 0 Å². The molecule has 118 valence electrons. The number of aromatic nitrogens is 3. The van der Waals surface area contributed by atoms with Gasteiger partial charge in [-0.25, -0.2) is 0 Å². The number of nitrogens with one attached hydrogen (secondary N) is 2. The van der Waals surface area contributed by atoms with Gasteiger partial charge >= 0.3 is 0 Å². The molecule has 0 saturated carbocycles. The second-order valence-corrected chi connectivity index (χ2v) is 5.97. The number of rotatable bonds is 8. The third-order valence-electron chi connectivity index (χ3n) is 3.59. The Bertz CT molecular complexity index is 428. The standard InChI is InChI=1S/C15H28N6/c1-4-16-13-18-14(17-9-7-8-12(2)3)20-15(19-13)21-10-5-6-11-21/h12H,4-11H2,1-3H3,(H2,16,17,18,19,20). The molecule has 1 aromatic heterocycles. The molecule has 1 aromatic rings. The smallest absolute Gasteiger partial charge is 0.231 e. The van der Waals surface area contributed by atoms with Crippen LogP contribution in [-0.4, -0.2) is 41.1 Å². The van der Waals surface area contributed by atoms with Crippen LogP contribution in [0.5, 0.6) is 0 Å².